The number of rotatable bonds is 10. The van der Waals surface area contributed by atoms with Gasteiger partial charge in [-0.2, -0.15) is 0 Å². The summed E-state index contributed by atoms with van der Waals surface area (Å²) in [6.45, 7) is 1.66. The highest BCUT2D eigenvalue weighted by atomic mass is 16.4. The SMILES string of the molecule is CCc1ccnc(NC(=O)CNC(=O)c2cccc(N=C(N)c3ccccc3)c2)c1CCC(=O)O. The Kier molecular flexibility index (Phi) is 8.66. The van der Waals surface area contributed by atoms with Crippen LogP contribution in [0.3, 0.4) is 0 Å². The largest absolute Gasteiger partial charge is 0.481 e. The maximum atomic E-state index is 12.6. The number of anilines is 1. The molecule has 0 bridgehead atoms. The summed E-state index contributed by atoms with van der Waals surface area (Å²) >= 11 is 0. The fourth-order valence-corrected chi connectivity index (χ4v) is 3.45. The number of hydrogen-bond acceptors (Lipinski definition) is 5. The van der Waals surface area contributed by atoms with Crippen LogP contribution in [0.4, 0.5) is 11.5 Å². The second-order valence-electron chi connectivity index (χ2n) is 7.69. The number of carbonyl (C=O) groups is 3. The summed E-state index contributed by atoms with van der Waals surface area (Å²) in [7, 11) is 0. The quantitative estimate of drug-likeness (QED) is 0.263. The van der Waals surface area contributed by atoms with Crippen molar-refractivity contribution >= 4 is 35.1 Å². The highest BCUT2D eigenvalue weighted by Gasteiger charge is 2.14. The number of pyridine rings is 1. The Labute approximate surface area is 203 Å². The Balaban J connectivity index is 1.64. The number of aliphatic imine (C=N–C) groups is 1. The van der Waals surface area contributed by atoms with Gasteiger partial charge in [0.1, 0.15) is 11.7 Å². The molecule has 0 aliphatic rings. The zero-order valence-corrected chi connectivity index (χ0v) is 19.3. The number of carbonyl (C=O) groups excluding carboxylic acids is 2. The number of nitrogens with two attached hydrogens (primary N) is 1. The number of carboxylic acids is 1. The molecule has 0 spiro atoms. The van der Waals surface area contributed by atoms with Crippen molar-refractivity contribution in [3.63, 3.8) is 0 Å². The van der Waals surface area contributed by atoms with E-state index in [1.807, 2.05) is 37.3 Å². The summed E-state index contributed by atoms with van der Waals surface area (Å²) in [6.07, 6.45) is 2.40. The number of amides is 2. The first-order chi connectivity index (χ1) is 16.9. The third kappa shape index (κ3) is 7.23. The summed E-state index contributed by atoms with van der Waals surface area (Å²) in [5, 5.41) is 14.3. The highest BCUT2D eigenvalue weighted by molar-refractivity contribution is 6.01. The molecule has 0 radical (unpaired) electrons. The van der Waals surface area contributed by atoms with Gasteiger partial charge in [-0.3, -0.25) is 14.4 Å². The van der Waals surface area contributed by atoms with E-state index in [1.54, 1.807) is 36.5 Å². The molecule has 0 saturated heterocycles. The first kappa shape index (κ1) is 25.1. The van der Waals surface area contributed by atoms with E-state index in [4.69, 9.17) is 10.8 Å². The molecule has 2 aromatic carbocycles. The minimum absolute atomic E-state index is 0.0775. The van der Waals surface area contributed by atoms with Crippen molar-refractivity contribution in [2.45, 2.75) is 26.2 Å². The second-order valence-corrected chi connectivity index (χ2v) is 7.69. The van der Waals surface area contributed by atoms with Crippen molar-refractivity contribution in [1.82, 2.24) is 10.3 Å². The molecular formula is C26H27N5O4. The fourth-order valence-electron chi connectivity index (χ4n) is 3.45. The van der Waals surface area contributed by atoms with Crippen LogP contribution in [0, 0.1) is 0 Å². The van der Waals surface area contributed by atoms with Gasteiger partial charge in [-0.15, -0.1) is 0 Å². The molecule has 9 nitrogen and oxygen atoms in total. The van der Waals surface area contributed by atoms with E-state index >= 15 is 0 Å². The molecule has 0 unspecified atom stereocenters. The molecule has 1 heterocycles. The number of hydrogen-bond donors (Lipinski definition) is 4. The minimum Gasteiger partial charge on any atom is -0.481 e. The van der Waals surface area contributed by atoms with E-state index in [-0.39, 0.29) is 19.4 Å². The van der Waals surface area contributed by atoms with Gasteiger partial charge in [0.15, 0.2) is 0 Å². The van der Waals surface area contributed by atoms with E-state index in [9.17, 15) is 14.4 Å². The van der Waals surface area contributed by atoms with Crippen LogP contribution >= 0.6 is 0 Å². The van der Waals surface area contributed by atoms with Crippen LogP contribution in [-0.2, 0) is 22.4 Å². The summed E-state index contributed by atoms with van der Waals surface area (Å²) < 4.78 is 0. The Morgan fingerprint density at radius 2 is 1.77 bits per heavy atom. The van der Waals surface area contributed by atoms with Crippen molar-refractivity contribution in [3.8, 4) is 0 Å². The normalized spacial score (nSPS) is 11.1. The zero-order chi connectivity index (χ0) is 25.2. The molecule has 0 fully saturated rings. The molecule has 9 heteroatoms. The minimum atomic E-state index is -0.933. The van der Waals surface area contributed by atoms with Crippen LogP contribution in [-0.4, -0.2) is 40.3 Å². The van der Waals surface area contributed by atoms with Gasteiger partial charge in [0.05, 0.1) is 12.2 Å². The van der Waals surface area contributed by atoms with E-state index in [0.29, 0.717) is 34.9 Å². The van der Waals surface area contributed by atoms with Crippen LogP contribution in [0.15, 0.2) is 71.9 Å². The number of amidine groups is 1. The van der Waals surface area contributed by atoms with Gasteiger partial charge in [-0.05, 0) is 48.2 Å². The third-order valence-corrected chi connectivity index (χ3v) is 5.22. The summed E-state index contributed by atoms with van der Waals surface area (Å²) in [5.74, 6) is -1.23. The van der Waals surface area contributed by atoms with E-state index in [0.717, 1.165) is 11.1 Å². The number of nitrogens with zero attached hydrogens (tertiary/aromatic N) is 2. The molecule has 35 heavy (non-hydrogen) atoms. The van der Waals surface area contributed by atoms with Crippen LogP contribution in [0.2, 0.25) is 0 Å². The Morgan fingerprint density at radius 1 is 1.03 bits per heavy atom. The Hall–Kier alpha value is -4.53. The summed E-state index contributed by atoms with van der Waals surface area (Å²) in [5.41, 5.74) is 9.24. The van der Waals surface area contributed by atoms with Crippen molar-refractivity contribution < 1.29 is 19.5 Å². The zero-order valence-electron chi connectivity index (χ0n) is 19.3. The lowest BCUT2D eigenvalue weighted by Gasteiger charge is -2.13. The van der Waals surface area contributed by atoms with Gasteiger partial charge in [-0.1, -0.05) is 43.3 Å². The number of nitrogens with one attached hydrogen (secondary N) is 2. The first-order valence-corrected chi connectivity index (χ1v) is 11.1. The molecule has 0 saturated carbocycles. The predicted octanol–water partition coefficient (Wildman–Crippen LogP) is 3.07. The van der Waals surface area contributed by atoms with Gasteiger partial charge in [-0.25, -0.2) is 9.98 Å². The van der Waals surface area contributed by atoms with Gasteiger partial charge in [0.2, 0.25) is 5.91 Å². The van der Waals surface area contributed by atoms with Gasteiger partial charge in [0, 0.05) is 23.7 Å². The van der Waals surface area contributed by atoms with Gasteiger partial charge >= 0.3 is 5.97 Å². The molecule has 5 N–H and O–H groups in total. The maximum absolute atomic E-state index is 12.6. The number of carboxylic acid groups (broad SMARTS) is 1. The molecule has 2 amide bonds. The van der Waals surface area contributed by atoms with Gasteiger partial charge < -0.3 is 21.5 Å². The van der Waals surface area contributed by atoms with E-state index in [1.165, 1.54) is 0 Å². The summed E-state index contributed by atoms with van der Waals surface area (Å²) in [4.78, 5) is 44.6. The average Bonchev–Trinajstić information content (AvgIpc) is 2.86. The molecular weight excluding hydrogens is 446 g/mol. The smallest absolute Gasteiger partial charge is 0.303 e. The molecule has 3 rings (SSSR count). The number of aromatic nitrogens is 1. The van der Waals surface area contributed by atoms with Crippen LogP contribution in [0.1, 0.15) is 40.4 Å². The number of aliphatic carboxylic acids is 1. The van der Waals surface area contributed by atoms with E-state index < -0.39 is 17.8 Å². The van der Waals surface area contributed by atoms with Crippen molar-refractivity contribution in [1.29, 1.82) is 0 Å². The van der Waals surface area contributed by atoms with Crippen molar-refractivity contribution in [2.75, 3.05) is 11.9 Å². The molecule has 3 aromatic rings. The summed E-state index contributed by atoms with van der Waals surface area (Å²) in [6, 6.07) is 17.7. The maximum Gasteiger partial charge on any atom is 0.303 e. The Morgan fingerprint density at radius 3 is 2.49 bits per heavy atom. The lowest BCUT2D eigenvalue weighted by atomic mass is 10.0. The first-order valence-electron chi connectivity index (χ1n) is 11.1. The van der Waals surface area contributed by atoms with Crippen molar-refractivity contribution in [3.05, 3.63) is 89.1 Å². The van der Waals surface area contributed by atoms with Crippen molar-refractivity contribution in [2.24, 2.45) is 10.7 Å². The second kappa shape index (κ2) is 12.1. The number of aryl methyl sites for hydroxylation is 1. The van der Waals surface area contributed by atoms with Crippen LogP contribution in [0.5, 0.6) is 0 Å². The van der Waals surface area contributed by atoms with Crippen LogP contribution in [0.25, 0.3) is 0 Å². The Bertz CT molecular complexity index is 1240. The number of benzene rings is 2. The lowest BCUT2D eigenvalue weighted by molar-refractivity contribution is -0.137. The molecule has 180 valence electrons. The lowest BCUT2D eigenvalue weighted by Crippen LogP contribution is -2.33. The molecule has 0 atom stereocenters. The molecule has 0 aliphatic heterocycles. The standard InChI is InChI=1S/C26H27N5O4/c1-2-17-13-14-28-25(21(17)11-12-23(33)34)31-22(32)16-29-26(35)19-9-6-10-20(15-19)30-24(27)18-7-4-3-5-8-18/h3-10,13-15H,2,11-12,16H2,1H3,(H2,27,30)(H,29,35)(H,33,34)(H,28,31,32). The van der Waals surface area contributed by atoms with E-state index in [2.05, 4.69) is 20.6 Å². The van der Waals surface area contributed by atoms with Crippen LogP contribution < -0.4 is 16.4 Å². The molecule has 1 aromatic heterocycles. The molecule has 0 aliphatic carbocycles. The van der Waals surface area contributed by atoms with Gasteiger partial charge in [0.25, 0.3) is 5.91 Å². The predicted molar refractivity (Wildman–Crippen MR) is 134 cm³/mol. The monoisotopic (exact) mass is 473 g/mol. The average molecular weight is 474 g/mol. The third-order valence-electron chi connectivity index (χ3n) is 5.22. The topological polar surface area (TPSA) is 147 Å². The fraction of sp³-hybridized carbons (Fsp3) is 0.192. The highest BCUT2D eigenvalue weighted by Crippen LogP contribution is 2.20.